The molecule has 0 aliphatic heterocycles. The van der Waals surface area contributed by atoms with Crippen LogP contribution >= 0.6 is 0 Å². The summed E-state index contributed by atoms with van der Waals surface area (Å²) in [6.45, 7) is 4.13. The lowest BCUT2D eigenvalue weighted by molar-refractivity contribution is -0.661. The van der Waals surface area contributed by atoms with Crippen LogP contribution in [0.1, 0.15) is 11.3 Å². The van der Waals surface area contributed by atoms with Gasteiger partial charge in [0.1, 0.15) is 23.9 Å². The molecule has 0 aliphatic rings. The maximum absolute atomic E-state index is 6.48. The maximum atomic E-state index is 6.48. The Morgan fingerprint density at radius 3 is 2.46 bits per heavy atom. The maximum Gasteiger partial charge on any atom is 0.234 e. The van der Waals surface area contributed by atoms with Crippen LogP contribution in [0, 0.1) is 13.8 Å². The third kappa shape index (κ3) is 2.07. The van der Waals surface area contributed by atoms with E-state index < -0.39 is 0 Å². The number of benzene rings is 3. The molecule has 0 fully saturated rings. The highest BCUT2D eigenvalue weighted by Crippen LogP contribution is 2.39. The van der Waals surface area contributed by atoms with Crippen molar-refractivity contribution >= 4 is 32.7 Å². The second-order valence-electron chi connectivity index (χ2n) is 6.92. The lowest BCUT2D eigenvalue weighted by Gasteiger charge is -2.05. The summed E-state index contributed by atoms with van der Waals surface area (Å²) < 4.78 is 8.60. The van der Waals surface area contributed by atoms with Crippen molar-refractivity contribution in [2.24, 2.45) is 7.05 Å². The molecule has 0 spiro atoms. The Labute approximate surface area is 151 Å². The second kappa shape index (κ2) is 5.40. The van der Waals surface area contributed by atoms with Crippen LogP contribution in [0.4, 0.5) is 0 Å². The van der Waals surface area contributed by atoms with Crippen molar-refractivity contribution in [1.82, 2.24) is 4.98 Å². The first-order valence-electron chi connectivity index (χ1n) is 8.80. The molecule has 26 heavy (non-hydrogen) atoms. The number of aryl methyl sites for hydroxylation is 3. The van der Waals surface area contributed by atoms with Gasteiger partial charge in [0, 0.05) is 16.2 Å². The van der Waals surface area contributed by atoms with E-state index in [-0.39, 0.29) is 0 Å². The molecule has 2 heterocycles. The first-order chi connectivity index (χ1) is 12.6. The molecule has 126 valence electrons. The molecule has 5 rings (SSSR count). The Morgan fingerprint density at radius 1 is 0.846 bits per heavy atom. The summed E-state index contributed by atoms with van der Waals surface area (Å²) in [5.74, 6) is 0. The number of nitrogens with zero attached hydrogens (tertiary/aromatic N) is 2. The van der Waals surface area contributed by atoms with Crippen LogP contribution in [0.2, 0.25) is 0 Å². The fourth-order valence-corrected chi connectivity index (χ4v) is 3.86. The van der Waals surface area contributed by atoms with E-state index in [1.54, 1.807) is 0 Å². The van der Waals surface area contributed by atoms with Gasteiger partial charge in [-0.1, -0.05) is 42.5 Å². The van der Waals surface area contributed by atoms with Crippen molar-refractivity contribution in [3.05, 3.63) is 72.2 Å². The smallest absolute Gasteiger partial charge is 0.234 e. The van der Waals surface area contributed by atoms with Crippen LogP contribution in [0.5, 0.6) is 0 Å². The van der Waals surface area contributed by atoms with Gasteiger partial charge >= 0.3 is 0 Å². The molecule has 0 bridgehead atoms. The molecule has 0 radical (unpaired) electrons. The highest BCUT2D eigenvalue weighted by atomic mass is 16.3. The number of hydrogen-bond donors (Lipinski definition) is 0. The fourth-order valence-electron chi connectivity index (χ4n) is 3.86. The molecular formula is C23H19N2O+. The van der Waals surface area contributed by atoms with E-state index in [0.717, 1.165) is 44.3 Å². The first-order valence-corrected chi connectivity index (χ1v) is 8.80. The third-order valence-electron chi connectivity index (χ3n) is 5.15. The molecule has 5 aromatic rings. The minimum absolute atomic E-state index is 0.928. The summed E-state index contributed by atoms with van der Waals surface area (Å²) in [5, 5.41) is 4.64. The molecule has 0 unspecified atom stereocenters. The molecular weight excluding hydrogens is 320 g/mol. The fraction of sp³-hybridized carbons (Fsp3) is 0.130. The zero-order valence-electron chi connectivity index (χ0n) is 15.1. The van der Waals surface area contributed by atoms with Gasteiger partial charge in [0.05, 0.1) is 11.8 Å². The molecule has 0 saturated heterocycles. The minimum Gasteiger partial charge on any atom is -0.454 e. The zero-order valence-corrected chi connectivity index (χ0v) is 15.1. The molecule has 0 amide bonds. The predicted molar refractivity (Wildman–Crippen MR) is 105 cm³/mol. The minimum atomic E-state index is 0.928. The highest BCUT2D eigenvalue weighted by Gasteiger charge is 2.21. The van der Waals surface area contributed by atoms with Gasteiger partial charge in [-0.2, -0.15) is 4.57 Å². The van der Waals surface area contributed by atoms with Crippen LogP contribution in [-0.4, -0.2) is 4.98 Å². The Hall–Kier alpha value is -3.20. The van der Waals surface area contributed by atoms with E-state index in [1.165, 1.54) is 10.9 Å². The Morgan fingerprint density at radius 2 is 1.62 bits per heavy atom. The average molecular weight is 339 g/mol. The lowest BCUT2D eigenvalue weighted by atomic mass is 10.0. The van der Waals surface area contributed by atoms with Crippen molar-refractivity contribution in [3.63, 3.8) is 0 Å². The van der Waals surface area contributed by atoms with Gasteiger partial charge in [0.15, 0.2) is 6.20 Å². The second-order valence-corrected chi connectivity index (χ2v) is 6.92. The van der Waals surface area contributed by atoms with Crippen LogP contribution in [0.25, 0.3) is 44.0 Å². The van der Waals surface area contributed by atoms with Gasteiger partial charge in [-0.3, -0.25) is 0 Å². The SMILES string of the molecule is Cc1c[n+](C)c(-c2c(C)ccc3c2oc2c4ccccc4ccc32)cn1. The molecule has 2 aromatic heterocycles. The van der Waals surface area contributed by atoms with Crippen molar-refractivity contribution in [3.8, 4) is 11.3 Å². The monoisotopic (exact) mass is 339 g/mol. The number of furan rings is 1. The van der Waals surface area contributed by atoms with Gasteiger partial charge in [0.25, 0.3) is 0 Å². The molecule has 0 aliphatic carbocycles. The van der Waals surface area contributed by atoms with E-state index in [9.17, 15) is 0 Å². The lowest BCUT2D eigenvalue weighted by Crippen LogP contribution is -2.31. The number of hydrogen-bond acceptors (Lipinski definition) is 2. The summed E-state index contributed by atoms with van der Waals surface area (Å²) in [7, 11) is 2.06. The van der Waals surface area contributed by atoms with E-state index in [2.05, 4.69) is 72.1 Å². The number of fused-ring (bicyclic) bond motifs is 5. The van der Waals surface area contributed by atoms with Crippen molar-refractivity contribution in [2.45, 2.75) is 13.8 Å². The van der Waals surface area contributed by atoms with Crippen molar-refractivity contribution in [1.29, 1.82) is 0 Å². The molecule has 0 N–H and O–H groups in total. The highest BCUT2D eigenvalue weighted by molar-refractivity contribution is 6.17. The van der Waals surface area contributed by atoms with Crippen LogP contribution in [0.15, 0.2) is 65.3 Å². The van der Waals surface area contributed by atoms with E-state index >= 15 is 0 Å². The van der Waals surface area contributed by atoms with Crippen molar-refractivity contribution < 1.29 is 8.98 Å². The Bertz CT molecular complexity index is 1310. The number of aromatic nitrogens is 2. The topological polar surface area (TPSA) is 29.9 Å². The van der Waals surface area contributed by atoms with Gasteiger partial charge in [-0.25, -0.2) is 4.98 Å². The normalized spacial score (nSPS) is 11.7. The van der Waals surface area contributed by atoms with Gasteiger partial charge in [0.2, 0.25) is 5.69 Å². The third-order valence-corrected chi connectivity index (χ3v) is 5.15. The predicted octanol–water partition coefficient (Wildman–Crippen LogP) is 5.24. The molecule has 3 nitrogen and oxygen atoms in total. The van der Waals surface area contributed by atoms with Crippen LogP contribution in [-0.2, 0) is 7.05 Å². The largest absolute Gasteiger partial charge is 0.454 e. The number of rotatable bonds is 1. The summed E-state index contributed by atoms with van der Waals surface area (Å²) in [5.41, 5.74) is 6.23. The van der Waals surface area contributed by atoms with Gasteiger partial charge in [-0.05, 0) is 30.9 Å². The summed E-state index contributed by atoms with van der Waals surface area (Å²) in [6.07, 6.45) is 3.98. The van der Waals surface area contributed by atoms with Crippen molar-refractivity contribution in [2.75, 3.05) is 0 Å². The molecule has 0 atom stereocenters. The van der Waals surface area contributed by atoms with Crippen LogP contribution < -0.4 is 4.57 Å². The first kappa shape index (κ1) is 15.1. The summed E-state index contributed by atoms with van der Waals surface area (Å²) in [6, 6.07) is 17.0. The van der Waals surface area contributed by atoms with Gasteiger partial charge in [-0.15, -0.1) is 0 Å². The average Bonchev–Trinajstić information content (AvgIpc) is 3.02. The molecule has 3 aromatic carbocycles. The summed E-state index contributed by atoms with van der Waals surface area (Å²) >= 11 is 0. The standard InChI is InChI=1S/C23H19N2O/c1-14-8-10-19-18-11-9-16-6-4-5-7-17(16)22(18)26-23(19)21(14)20-12-24-15(2)13-25(20)3/h4-13H,1-3H3/q+1. The summed E-state index contributed by atoms with van der Waals surface area (Å²) in [4.78, 5) is 4.51. The molecule has 0 saturated carbocycles. The quantitative estimate of drug-likeness (QED) is 0.391. The Kier molecular flexibility index (Phi) is 3.13. The Balaban J connectivity index is 1.95. The van der Waals surface area contributed by atoms with Crippen LogP contribution in [0.3, 0.4) is 0 Å². The van der Waals surface area contributed by atoms with E-state index in [0.29, 0.717) is 0 Å². The zero-order chi connectivity index (χ0) is 17.8. The molecule has 3 heteroatoms. The van der Waals surface area contributed by atoms with E-state index in [1.807, 2.05) is 19.3 Å². The van der Waals surface area contributed by atoms with Gasteiger partial charge < -0.3 is 4.42 Å². The van der Waals surface area contributed by atoms with E-state index in [4.69, 9.17) is 4.42 Å².